The number of rotatable bonds is 0. The van der Waals surface area contributed by atoms with Gasteiger partial charge in [0.25, 0.3) is 0 Å². The Morgan fingerprint density at radius 1 is 1.44 bits per heavy atom. The molecule has 1 heterocycles. The first-order valence-electron chi connectivity index (χ1n) is 2.94. The van der Waals surface area contributed by atoms with Gasteiger partial charge in [0.1, 0.15) is 0 Å². The molecule has 0 fully saturated rings. The Kier molecular flexibility index (Phi) is 0.859. The lowest BCUT2D eigenvalue weighted by Crippen LogP contribution is -1.87. The van der Waals surface area contributed by atoms with Gasteiger partial charge in [-0.2, -0.15) is 10.2 Å². The Labute approximate surface area is 53.2 Å². The number of allylic oxidation sites excluding steroid dienone is 1. The van der Waals surface area contributed by atoms with E-state index in [0.29, 0.717) is 0 Å². The van der Waals surface area contributed by atoms with E-state index < -0.39 is 0 Å². The molecule has 0 N–H and O–H groups in total. The van der Waals surface area contributed by atoms with E-state index in [9.17, 15) is 0 Å². The monoisotopic (exact) mass is 118 g/mol. The van der Waals surface area contributed by atoms with Gasteiger partial charge in [0.15, 0.2) is 0 Å². The SMILES string of the molecule is C1=Cc2nnccc2C1. The first kappa shape index (κ1) is 4.68. The molecule has 0 aromatic carbocycles. The fraction of sp³-hybridized carbons (Fsp3) is 0.143. The fourth-order valence-electron chi connectivity index (χ4n) is 0.979. The first-order valence-corrected chi connectivity index (χ1v) is 2.94. The number of hydrogen-bond acceptors (Lipinski definition) is 2. The summed E-state index contributed by atoms with van der Waals surface area (Å²) in [5.74, 6) is 0. The highest BCUT2D eigenvalue weighted by atomic mass is 15.1. The normalized spacial score (nSPS) is 13.8. The molecule has 0 bridgehead atoms. The second-order valence-electron chi connectivity index (χ2n) is 2.05. The average molecular weight is 118 g/mol. The van der Waals surface area contributed by atoms with Crippen molar-refractivity contribution >= 4 is 6.08 Å². The van der Waals surface area contributed by atoms with Crippen molar-refractivity contribution in [3.63, 3.8) is 0 Å². The third kappa shape index (κ3) is 0.633. The van der Waals surface area contributed by atoms with Crippen LogP contribution in [0.4, 0.5) is 0 Å². The molecule has 1 aliphatic rings. The molecular formula is C7H6N2. The van der Waals surface area contributed by atoms with Crippen molar-refractivity contribution in [3.05, 3.63) is 29.6 Å². The van der Waals surface area contributed by atoms with Crippen LogP contribution in [0.1, 0.15) is 11.3 Å². The van der Waals surface area contributed by atoms with E-state index in [1.54, 1.807) is 6.20 Å². The molecule has 0 aliphatic heterocycles. The summed E-state index contributed by atoms with van der Waals surface area (Å²) in [6.07, 6.45) is 6.85. The van der Waals surface area contributed by atoms with Crippen LogP contribution < -0.4 is 0 Å². The minimum atomic E-state index is 1.02. The van der Waals surface area contributed by atoms with E-state index in [2.05, 4.69) is 16.3 Å². The Morgan fingerprint density at radius 2 is 2.44 bits per heavy atom. The van der Waals surface area contributed by atoms with Crippen molar-refractivity contribution in [2.24, 2.45) is 0 Å². The summed E-state index contributed by atoms with van der Waals surface area (Å²) < 4.78 is 0. The third-order valence-corrected chi connectivity index (χ3v) is 1.45. The molecule has 2 nitrogen and oxygen atoms in total. The van der Waals surface area contributed by atoms with Crippen LogP contribution in [0.3, 0.4) is 0 Å². The number of nitrogens with zero attached hydrogens (tertiary/aromatic N) is 2. The molecule has 2 rings (SSSR count). The lowest BCUT2D eigenvalue weighted by molar-refractivity contribution is 0.998. The van der Waals surface area contributed by atoms with E-state index in [0.717, 1.165) is 12.1 Å². The third-order valence-electron chi connectivity index (χ3n) is 1.45. The maximum absolute atomic E-state index is 3.92. The van der Waals surface area contributed by atoms with Crippen LogP contribution in [-0.4, -0.2) is 10.2 Å². The van der Waals surface area contributed by atoms with Gasteiger partial charge in [0, 0.05) is 6.20 Å². The largest absolute Gasteiger partial charge is 0.159 e. The van der Waals surface area contributed by atoms with Crippen molar-refractivity contribution in [3.8, 4) is 0 Å². The van der Waals surface area contributed by atoms with Crippen molar-refractivity contribution < 1.29 is 0 Å². The molecule has 0 unspecified atom stereocenters. The number of hydrogen-bond donors (Lipinski definition) is 0. The van der Waals surface area contributed by atoms with Gasteiger partial charge < -0.3 is 0 Å². The van der Waals surface area contributed by atoms with Crippen molar-refractivity contribution in [2.45, 2.75) is 6.42 Å². The standard InChI is InChI=1S/C7H6N2/c1-2-6-4-5-8-9-7(6)3-1/h1,3-5H,2H2. The van der Waals surface area contributed by atoms with Crippen LogP contribution >= 0.6 is 0 Å². The maximum Gasteiger partial charge on any atom is 0.0889 e. The highest BCUT2D eigenvalue weighted by Crippen LogP contribution is 2.13. The Hall–Kier alpha value is -1.18. The van der Waals surface area contributed by atoms with Gasteiger partial charge >= 0.3 is 0 Å². The molecule has 44 valence electrons. The zero-order valence-electron chi connectivity index (χ0n) is 4.91. The predicted molar refractivity (Wildman–Crippen MR) is 34.8 cm³/mol. The van der Waals surface area contributed by atoms with Crippen LogP contribution in [0.2, 0.25) is 0 Å². The average Bonchev–Trinajstić information content (AvgIpc) is 2.33. The van der Waals surface area contributed by atoms with Gasteiger partial charge in [0.05, 0.1) is 5.69 Å². The summed E-state index contributed by atoms with van der Waals surface area (Å²) in [6.45, 7) is 0. The predicted octanol–water partition coefficient (Wildman–Crippen LogP) is 1.05. The van der Waals surface area contributed by atoms with E-state index >= 15 is 0 Å². The van der Waals surface area contributed by atoms with Crippen LogP contribution in [0, 0.1) is 0 Å². The highest BCUT2D eigenvalue weighted by Gasteiger charge is 2.03. The Bertz CT molecular complexity index is 253. The zero-order valence-corrected chi connectivity index (χ0v) is 4.91. The van der Waals surface area contributed by atoms with Crippen LogP contribution in [0.15, 0.2) is 18.3 Å². The molecule has 0 atom stereocenters. The molecule has 1 aromatic heterocycles. The van der Waals surface area contributed by atoms with Gasteiger partial charge in [-0.15, -0.1) is 0 Å². The molecule has 9 heavy (non-hydrogen) atoms. The van der Waals surface area contributed by atoms with E-state index in [4.69, 9.17) is 0 Å². The summed E-state index contributed by atoms with van der Waals surface area (Å²) in [7, 11) is 0. The quantitative estimate of drug-likeness (QED) is 0.508. The summed E-state index contributed by atoms with van der Waals surface area (Å²) in [5.41, 5.74) is 2.31. The highest BCUT2D eigenvalue weighted by molar-refractivity contribution is 5.54. The number of fused-ring (bicyclic) bond motifs is 1. The fourth-order valence-corrected chi connectivity index (χ4v) is 0.979. The second kappa shape index (κ2) is 1.65. The van der Waals surface area contributed by atoms with Gasteiger partial charge in [-0.05, 0) is 24.1 Å². The minimum Gasteiger partial charge on any atom is -0.159 e. The number of aromatic nitrogens is 2. The van der Waals surface area contributed by atoms with Crippen molar-refractivity contribution in [2.75, 3.05) is 0 Å². The van der Waals surface area contributed by atoms with Gasteiger partial charge in [-0.25, -0.2) is 0 Å². The first-order chi connectivity index (χ1) is 4.47. The van der Waals surface area contributed by atoms with Crippen LogP contribution in [-0.2, 0) is 6.42 Å². The molecule has 0 saturated carbocycles. The smallest absolute Gasteiger partial charge is 0.0889 e. The summed E-state index contributed by atoms with van der Waals surface area (Å²) in [6, 6.07) is 2.00. The minimum absolute atomic E-state index is 1.02. The van der Waals surface area contributed by atoms with Crippen LogP contribution in [0.5, 0.6) is 0 Å². The maximum atomic E-state index is 3.92. The summed E-state index contributed by atoms with van der Waals surface area (Å²) in [4.78, 5) is 0. The van der Waals surface area contributed by atoms with Gasteiger partial charge in [0.2, 0.25) is 0 Å². The van der Waals surface area contributed by atoms with Gasteiger partial charge in [-0.1, -0.05) is 6.08 Å². The topological polar surface area (TPSA) is 25.8 Å². The lowest BCUT2D eigenvalue weighted by atomic mass is 10.2. The lowest BCUT2D eigenvalue weighted by Gasteiger charge is -1.90. The molecule has 0 radical (unpaired) electrons. The van der Waals surface area contributed by atoms with E-state index in [1.807, 2.05) is 12.1 Å². The molecule has 1 aromatic rings. The summed E-state index contributed by atoms with van der Waals surface area (Å²) in [5, 5.41) is 7.68. The van der Waals surface area contributed by atoms with Crippen LogP contribution in [0.25, 0.3) is 6.08 Å². The van der Waals surface area contributed by atoms with Crippen molar-refractivity contribution in [1.29, 1.82) is 0 Å². The van der Waals surface area contributed by atoms with Gasteiger partial charge in [-0.3, -0.25) is 0 Å². The molecule has 0 amide bonds. The molecule has 1 aliphatic carbocycles. The molecule has 0 saturated heterocycles. The van der Waals surface area contributed by atoms with E-state index in [-0.39, 0.29) is 0 Å². The Balaban J connectivity index is 2.63. The second-order valence-corrected chi connectivity index (χ2v) is 2.05. The molecular weight excluding hydrogens is 112 g/mol. The molecule has 0 spiro atoms. The summed E-state index contributed by atoms with van der Waals surface area (Å²) >= 11 is 0. The molecule has 2 heteroatoms. The van der Waals surface area contributed by atoms with E-state index in [1.165, 1.54) is 5.56 Å². The Morgan fingerprint density at radius 3 is 3.33 bits per heavy atom. The van der Waals surface area contributed by atoms with Crippen molar-refractivity contribution in [1.82, 2.24) is 10.2 Å². The zero-order chi connectivity index (χ0) is 6.10.